The number of hydrazine groups is 1. The van der Waals surface area contributed by atoms with Gasteiger partial charge in [-0.05, 0) is 30.2 Å². The molecule has 1 aromatic heterocycles. The summed E-state index contributed by atoms with van der Waals surface area (Å²) in [6.07, 6.45) is -3.11. The van der Waals surface area contributed by atoms with Crippen molar-refractivity contribution in [3.05, 3.63) is 34.3 Å². The summed E-state index contributed by atoms with van der Waals surface area (Å²) in [5, 5.41) is 0.153. The van der Waals surface area contributed by atoms with Gasteiger partial charge in [0.2, 0.25) is 0 Å². The third-order valence-corrected chi connectivity index (χ3v) is 3.28. The van der Waals surface area contributed by atoms with Crippen LogP contribution in [0.4, 0.5) is 19.0 Å². The fraction of sp³-hybridized carbons (Fsp3) is 0.308. The van der Waals surface area contributed by atoms with E-state index in [0.717, 1.165) is 12.5 Å². The van der Waals surface area contributed by atoms with Gasteiger partial charge in [-0.15, -0.1) is 0 Å². The van der Waals surface area contributed by atoms with E-state index in [0.29, 0.717) is 17.8 Å². The standard InChI is InChI=1S/C13H13ClF3N3/c1-2-3-7-6-8-9(13(15,16)17)4-5-10(14)11(8)19-12(7)20-18/h4-6H,2-3,18H2,1H3,(H,19,20). The second-order valence-corrected chi connectivity index (χ2v) is 4.79. The van der Waals surface area contributed by atoms with Crippen molar-refractivity contribution in [2.75, 3.05) is 5.43 Å². The minimum absolute atomic E-state index is 0.00699. The highest BCUT2D eigenvalue weighted by atomic mass is 35.5. The Morgan fingerprint density at radius 2 is 2.05 bits per heavy atom. The number of benzene rings is 1. The molecule has 1 heterocycles. The second kappa shape index (κ2) is 5.46. The van der Waals surface area contributed by atoms with Gasteiger partial charge in [0.25, 0.3) is 0 Å². The number of fused-ring (bicyclic) bond motifs is 1. The predicted octanol–water partition coefficient (Wildman–Crippen LogP) is 4.15. The molecular formula is C13H13ClF3N3. The Morgan fingerprint density at radius 1 is 1.35 bits per heavy atom. The number of alkyl halides is 3. The first-order chi connectivity index (χ1) is 9.38. The van der Waals surface area contributed by atoms with Crippen molar-refractivity contribution in [3.63, 3.8) is 0 Å². The molecular weight excluding hydrogens is 291 g/mol. The first-order valence-electron chi connectivity index (χ1n) is 6.04. The summed E-state index contributed by atoms with van der Waals surface area (Å²) in [7, 11) is 0. The Balaban J connectivity index is 2.80. The van der Waals surface area contributed by atoms with Crippen LogP contribution >= 0.6 is 11.6 Å². The molecule has 0 aliphatic rings. The number of nitrogens with one attached hydrogen (secondary N) is 1. The first kappa shape index (κ1) is 14.9. The van der Waals surface area contributed by atoms with Crippen molar-refractivity contribution < 1.29 is 13.2 Å². The molecule has 7 heteroatoms. The van der Waals surface area contributed by atoms with Crippen LogP contribution in [-0.4, -0.2) is 4.98 Å². The molecule has 0 atom stereocenters. The lowest BCUT2D eigenvalue weighted by Gasteiger charge is -2.14. The molecule has 0 spiro atoms. The number of nitrogens with zero attached hydrogens (tertiary/aromatic N) is 1. The van der Waals surface area contributed by atoms with Gasteiger partial charge < -0.3 is 5.43 Å². The van der Waals surface area contributed by atoms with E-state index in [1.165, 1.54) is 12.1 Å². The molecule has 0 saturated heterocycles. The third-order valence-electron chi connectivity index (χ3n) is 2.98. The maximum absolute atomic E-state index is 13.0. The molecule has 2 aromatic rings. The van der Waals surface area contributed by atoms with Crippen molar-refractivity contribution in [2.24, 2.45) is 5.84 Å². The van der Waals surface area contributed by atoms with Gasteiger partial charge in [-0.1, -0.05) is 24.9 Å². The van der Waals surface area contributed by atoms with Crippen LogP contribution in [0.25, 0.3) is 10.9 Å². The summed E-state index contributed by atoms with van der Waals surface area (Å²) in [5.41, 5.74) is 2.39. The zero-order valence-corrected chi connectivity index (χ0v) is 11.4. The van der Waals surface area contributed by atoms with E-state index < -0.39 is 11.7 Å². The monoisotopic (exact) mass is 303 g/mol. The van der Waals surface area contributed by atoms with Crippen LogP contribution in [0.15, 0.2) is 18.2 Å². The molecule has 0 saturated carbocycles. The smallest absolute Gasteiger partial charge is 0.308 e. The minimum atomic E-state index is -4.45. The Labute approximate surface area is 118 Å². The molecule has 0 bridgehead atoms. The topological polar surface area (TPSA) is 50.9 Å². The van der Waals surface area contributed by atoms with Gasteiger partial charge in [-0.25, -0.2) is 10.8 Å². The number of nitrogen functional groups attached to an aromatic ring is 1. The molecule has 0 unspecified atom stereocenters. The van der Waals surface area contributed by atoms with E-state index in [-0.39, 0.29) is 15.9 Å². The molecule has 0 fully saturated rings. The van der Waals surface area contributed by atoms with E-state index in [1.807, 2.05) is 6.92 Å². The van der Waals surface area contributed by atoms with Crippen LogP contribution in [-0.2, 0) is 12.6 Å². The predicted molar refractivity (Wildman–Crippen MR) is 73.6 cm³/mol. The van der Waals surface area contributed by atoms with Crippen molar-refractivity contribution in [1.82, 2.24) is 4.98 Å². The first-order valence-corrected chi connectivity index (χ1v) is 6.42. The number of hydrogen-bond donors (Lipinski definition) is 2. The maximum Gasteiger partial charge on any atom is 0.417 e. The van der Waals surface area contributed by atoms with Crippen molar-refractivity contribution >= 4 is 28.3 Å². The normalized spacial score (nSPS) is 11.9. The lowest BCUT2D eigenvalue weighted by Crippen LogP contribution is -2.12. The molecule has 0 aliphatic carbocycles. The Kier molecular flexibility index (Phi) is 4.06. The fourth-order valence-corrected chi connectivity index (χ4v) is 2.31. The zero-order valence-electron chi connectivity index (χ0n) is 10.7. The quantitative estimate of drug-likeness (QED) is 0.661. The Morgan fingerprint density at radius 3 is 2.60 bits per heavy atom. The van der Waals surface area contributed by atoms with E-state index in [9.17, 15) is 13.2 Å². The summed E-state index contributed by atoms with van der Waals surface area (Å²) < 4.78 is 39.1. The van der Waals surface area contributed by atoms with Gasteiger partial charge >= 0.3 is 6.18 Å². The summed E-state index contributed by atoms with van der Waals surface area (Å²) in [6.45, 7) is 1.92. The highest BCUT2D eigenvalue weighted by molar-refractivity contribution is 6.35. The van der Waals surface area contributed by atoms with Crippen LogP contribution in [0, 0.1) is 0 Å². The lowest BCUT2D eigenvalue weighted by atomic mass is 10.0. The third kappa shape index (κ3) is 2.66. The van der Waals surface area contributed by atoms with Gasteiger partial charge in [-0.3, -0.25) is 0 Å². The van der Waals surface area contributed by atoms with E-state index in [4.69, 9.17) is 17.4 Å². The molecule has 0 radical (unpaired) electrons. The van der Waals surface area contributed by atoms with Gasteiger partial charge in [0, 0.05) is 5.39 Å². The fourth-order valence-electron chi connectivity index (χ4n) is 2.10. The van der Waals surface area contributed by atoms with Gasteiger partial charge in [0.05, 0.1) is 16.1 Å². The lowest BCUT2D eigenvalue weighted by molar-refractivity contribution is -0.136. The summed E-state index contributed by atoms with van der Waals surface area (Å²) in [4.78, 5) is 4.12. The van der Waals surface area contributed by atoms with Crippen LogP contribution < -0.4 is 11.3 Å². The number of pyridine rings is 1. The highest BCUT2D eigenvalue weighted by Gasteiger charge is 2.33. The van der Waals surface area contributed by atoms with Crippen LogP contribution in [0.3, 0.4) is 0 Å². The van der Waals surface area contributed by atoms with Crippen molar-refractivity contribution in [3.8, 4) is 0 Å². The largest absolute Gasteiger partial charge is 0.417 e. The zero-order chi connectivity index (χ0) is 14.9. The molecule has 0 aliphatic heterocycles. The number of aryl methyl sites for hydroxylation is 1. The van der Waals surface area contributed by atoms with Gasteiger partial charge in [-0.2, -0.15) is 13.2 Å². The number of anilines is 1. The molecule has 3 nitrogen and oxygen atoms in total. The number of nitrogens with two attached hydrogens (primary N) is 1. The maximum atomic E-state index is 13.0. The molecule has 20 heavy (non-hydrogen) atoms. The van der Waals surface area contributed by atoms with Crippen LogP contribution in [0.1, 0.15) is 24.5 Å². The molecule has 1 aromatic carbocycles. The van der Waals surface area contributed by atoms with Crippen LogP contribution in [0.2, 0.25) is 5.02 Å². The molecule has 3 N–H and O–H groups in total. The Hall–Kier alpha value is -1.53. The Bertz CT molecular complexity index is 641. The van der Waals surface area contributed by atoms with Crippen LogP contribution in [0.5, 0.6) is 0 Å². The second-order valence-electron chi connectivity index (χ2n) is 4.38. The highest BCUT2D eigenvalue weighted by Crippen LogP contribution is 2.38. The SMILES string of the molecule is CCCc1cc2c(C(F)(F)F)ccc(Cl)c2nc1NN. The molecule has 0 amide bonds. The number of rotatable bonds is 3. The summed E-state index contributed by atoms with van der Waals surface area (Å²) in [6, 6.07) is 3.62. The van der Waals surface area contributed by atoms with E-state index in [1.54, 1.807) is 0 Å². The minimum Gasteiger partial charge on any atom is -0.308 e. The van der Waals surface area contributed by atoms with Gasteiger partial charge in [0.15, 0.2) is 0 Å². The van der Waals surface area contributed by atoms with Crippen molar-refractivity contribution in [1.29, 1.82) is 0 Å². The van der Waals surface area contributed by atoms with Crippen molar-refractivity contribution in [2.45, 2.75) is 25.9 Å². The van der Waals surface area contributed by atoms with E-state index >= 15 is 0 Å². The number of hydrogen-bond acceptors (Lipinski definition) is 3. The van der Waals surface area contributed by atoms with E-state index in [2.05, 4.69) is 10.4 Å². The number of halogens is 4. The average Bonchev–Trinajstić information content (AvgIpc) is 2.37. The number of aromatic nitrogens is 1. The molecule has 108 valence electrons. The average molecular weight is 304 g/mol. The summed E-state index contributed by atoms with van der Waals surface area (Å²) >= 11 is 5.94. The summed E-state index contributed by atoms with van der Waals surface area (Å²) in [5.74, 6) is 5.72. The molecule has 2 rings (SSSR count). The van der Waals surface area contributed by atoms with Gasteiger partial charge in [0.1, 0.15) is 5.82 Å².